The van der Waals surface area contributed by atoms with Crippen molar-refractivity contribution in [2.45, 2.75) is 25.6 Å². The summed E-state index contributed by atoms with van der Waals surface area (Å²) < 4.78 is 44.0. The van der Waals surface area contributed by atoms with Gasteiger partial charge in [-0.3, -0.25) is 0 Å². The van der Waals surface area contributed by atoms with E-state index in [1.54, 1.807) is 0 Å². The van der Waals surface area contributed by atoms with E-state index in [4.69, 9.17) is 4.74 Å². The van der Waals surface area contributed by atoms with Crippen LogP contribution in [0.1, 0.15) is 18.4 Å². The van der Waals surface area contributed by atoms with Crippen LogP contribution in [0.25, 0.3) is 0 Å². The minimum absolute atomic E-state index is 0.0728. The summed E-state index contributed by atoms with van der Waals surface area (Å²) in [6.45, 7) is 1.62. The van der Waals surface area contributed by atoms with E-state index in [2.05, 4.69) is 5.32 Å². The molecule has 2 nitrogen and oxygen atoms in total. The zero-order chi connectivity index (χ0) is 12.3. The van der Waals surface area contributed by atoms with Gasteiger partial charge in [0.05, 0.1) is 12.7 Å². The fraction of sp³-hybridized carbons (Fsp3) is 0.500. The number of rotatable bonds is 3. The van der Waals surface area contributed by atoms with Crippen LogP contribution in [0, 0.1) is 17.5 Å². The molecule has 0 aliphatic carbocycles. The molecule has 1 aromatic carbocycles. The molecule has 1 heterocycles. The van der Waals surface area contributed by atoms with Gasteiger partial charge < -0.3 is 4.74 Å². The van der Waals surface area contributed by atoms with E-state index in [1.165, 1.54) is 0 Å². The lowest BCUT2D eigenvalue weighted by atomic mass is 10.1. The molecular weight excluding hydrogens is 231 g/mol. The van der Waals surface area contributed by atoms with Crippen LogP contribution in [0.5, 0.6) is 0 Å². The first kappa shape index (κ1) is 12.4. The molecule has 0 unspecified atom stereocenters. The van der Waals surface area contributed by atoms with Crippen molar-refractivity contribution in [1.82, 2.24) is 5.32 Å². The fourth-order valence-corrected chi connectivity index (χ4v) is 1.80. The third-order valence-corrected chi connectivity index (χ3v) is 2.75. The summed E-state index contributed by atoms with van der Waals surface area (Å²) in [5, 5.41) is 4.17. The van der Waals surface area contributed by atoms with Gasteiger partial charge in [0.1, 0.15) is 0 Å². The molecule has 1 saturated heterocycles. The molecule has 5 heteroatoms. The minimum Gasteiger partial charge on any atom is -0.373 e. The average Bonchev–Trinajstić information content (AvgIpc) is 2.34. The molecule has 93 valence electrons. The number of nitrogens with zero attached hydrogens (tertiary/aromatic N) is 1. The summed E-state index contributed by atoms with van der Waals surface area (Å²) in [4.78, 5) is 0. The Morgan fingerprint density at radius 2 is 1.71 bits per heavy atom. The van der Waals surface area contributed by atoms with Gasteiger partial charge in [-0.2, -0.15) is 0 Å². The Bertz CT molecular complexity index is 368. The molecular formula is C12H13F3NO. The minimum atomic E-state index is -1.44. The molecule has 0 bridgehead atoms. The van der Waals surface area contributed by atoms with Crippen molar-refractivity contribution in [3.63, 3.8) is 0 Å². The van der Waals surface area contributed by atoms with Crippen LogP contribution in [0.15, 0.2) is 12.1 Å². The molecule has 0 atom stereocenters. The summed E-state index contributed by atoms with van der Waals surface area (Å²) in [7, 11) is 0. The standard InChI is InChI=1S/C12H13F3NO/c13-10-5-8(6-11(14)12(10)15)7-17-9-1-3-16-4-2-9/h5-6,9H,1-4,7H2. The van der Waals surface area contributed by atoms with Crippen LogP contribution in [-0.2, 0) is 11.3 Å². The van der Waals surface area contributed by atoms with Crippen molar-refractivity contribution < 1.29 is 17.9 Å². The van der Waals surface area contributed by atoms with Gasteiger partial charge in [-0.05, 0) is 30.5 Å². The topological polar surface area (TPSA) is 23.3 Å². The predicted molar refractivity (Wildman–Crippen MR) is 56.0 cm³/mol. The molecule has 0 amide bonds. The van der Waals surface area contributed by atoms with E-state index in [1.807, 2.05) is 0 Å². The number of halogens is 3. The number of piperidine rings is 1. The summed E-state index contributed by atoms with van der Waals surface area (Å²) >= 11 is 0. The Labute approximate surface area is 97.8 Å². The first-order valence-electron chi connectivity index (χ1n) is 5.55. The summed E-state index contributed by atoms with van der Waals surface area (Å²) in [5.74, 6) is -3.80. The highest BCUT2D eigenvalue weighted by Gasteiger charge is 2.15. The second-order valence-electron chi connectivity index (χ2n) is 4.05. The highest BCUT2D eigenvalue weighted by molar-refractivity contribution is 5.18. The van der Waals surface area contributed by atoms with Gasteiger partial charge in [-0.25, -0.2) is 18.5 Å². The molecule has 0 saturated carbocycles. The van der Waals surface area contributed by atoms with E-state index < -0.39 is 17.5 Å². The maximum absolute atomic E-state index is 12.9. The Kier molecular flexibility index (Phi) is 4.02. The van der Waals surface area contributed by atoms with E-state index in [0.717, 1.165) is 38.1 Å². The monoisotopic (exact) mass is 244 g/mol. The van der Waals surface area contributed by atoms with Crippen molar-refractivity contribution in [3.05, 3.63) is 35.1 Å². The second kappa shape index (κ2) is 5.51. The van der Waals surface area contributed by atoms with E-state index in [9.17, 15) is 13.2 Å². The molecule has 2 rings (SSSR count). The van der Waals surface area contributed by atoms with Crippen molar-refractivity contribution >= 4 is 0 Å². The smallest absolute Gasteiger partial charge is 0.194 e. The number of hydrogen-bond acceptors (Lipinski definition) is 1. The number of benzene rings is 1. The molecule has 0 aromatic heterocycles. The van der Waals surface area contributed by atoms with Crippen LogP contribution in [0.3, 0.4) is 0 Å². The van der Waals surface area contributed by atoms with Gasteiger partial charge >= 0.3 is 0 Å². The van der Waals surface area contributed by atoms with Crippen LogP contribution in [0.4, 0.5) is 13.2 Å². The largest absolute Gasteiger partial charge is 0.373 e. The Morgan fingerprint density at radius 3 is 2.29 bits per heavy atom. The predicted octanol–water partition coefficient (Wildman–Crippen LogP) is 2.39. The van der Waals surface area contributed by atoms with Gasteiger partial charge in [0.2, 0.25) is 0 Å². The number of hydrogen-bond donors (Lipinski definition) is 0. The quantitative estimate of drug-likeness (QED) is 0.749. The number of ether oxygens (including phenoxy) is 1. The van der Waals surface area contributed by atoms with Gasteiger partial charge in [-0.1, -0.05) is 0 Å². The lowest BCUT2D eigenvalue weighted by molar-refractivity contribution is 0.0204. The Balaban J connectivity index is 1.94. The van der Waals surface area contributed by atoms with Crippen LogP contribution >= 0.6 is 0 Å². The van der Waals surface area contributed by atoms with E-state index in [0.29, 0.717) is 5.56 Å². The van der Waals surface area contributed by atoms with E-state index >= 15 is 0 Å². The fourth-order valence-electron chi connectivity index (χ4n) is 1.80. The van der Waals surface area contributed by atoms with Crippen molar-refractivity contribution in [2.24, 2.45) is 0 Å². The highest BCUT2D eigenvalue weighted by Crippen LogP contribution is 2.16. The lowest BCUT2D eigenvalue weighted by Gasteiger charge is -2.21. The zero-order valence-electron chi connectivity index (χ0n) is 9.26. The SMILES string of the molecule is Fc1cc(COC2CC[N]CC2)cc(F)c1F. The van der Waals surface area contributed by atoms with Crippen molar-refractivity contribution in [2.75, 3.05) is 13.1 Å². The van der Waals surface area contributed by atoms with Crippen LogP contribution < -0.4 is 5.32 Å². The summed E-state index contributed by atoms with van der Waals surface area (Å²) in [6.07, 6.45) is 1.72. The van der Waals surface area contributed by atoms with Gasteiger partial charge in [-0.15, -0.1) is 0 Å². The molecule has 1 fully saturated rings. The Hall–Kier alpha value is -1.07. The Morgan fingerprint density at radius 1 is 1.12 bits per heavy atom. The lowest BCUT2D eigenvalue weighted by Crippen LogP contribution is -2.28. The molecule has 0 N–H and O–H groups in total. The van der Waals surface area contributed by atoms with Crippen molar-refractivity contribution in [3.8, 4) is 0 Å². The summed E-state index contributed by atoms with van der Waals surface area (Å²) in [5.41, 5.74) is 0.309. The van der Waals surface area contributed by atoms with Crippen LogP contribution in [-0.4, -0.2) is 19.2 Å². The van der Waals surface area contributed by atoms with Crippen molar-refractivity contribution in [1.29, 1.82) is 0 Å². The first-order chi connectivity index (χ1) is 8.16. The average molecular weight is 244 g/mol. The maximum Gasteiger partial charge on any atom is 0.194 e. The second-order valence-corrected chi connectivity index (χ2v) is 4.05. The molecule has 1 aromatic rings. The third kappa shape index (κ3) is 3.20. The molecule has 1 aliphatic heterocycles. The molecule has 17 heavy (non-hydrogen) atoms. The summed E-state index contributed by atoms with van der Waals surface area (Å²) in [6, 6.07) is 1.93. The van der Waals surface area contributed by atoms with E-state index in [-0.39, 0.29) is 12.7 Å². The van der Waals surface area contributed by atoms with Gasteiger partial charge in [0.15, 0.2) is 17.5 Å². The van der Waals surface area contributed by atoms with Gasteiger partial charge in [0, 0.05) is 13.1 Å². The maximum atomic E-state index is 12.9. The highest BCUT2D eigenvalue weighted by atomic mass is 19.2. The molecule has 1 aliphatic rings. The molecule has 0 spiro atoms. The first-order valence-corrected chi connectivity index (χ1v) is 5.55. The van der Waals surface area contributed by atoms with Gasteiger partial charge in [0.25, 0.3) is 0 Å². The zero-order valence-corrected chi connectivity index (χ0v) is 9.26. The van der Waals surface area contributed by atoms with Crippen LogP contribution in [0.2, 0.25) is 0 Å². The third-order valence-electron chi connectivity index (χ3n) is 2.75. The normalized spacial score (nSPS) is 17.4. The molecule has 1 radical (unpaired) electrons.